The Bertz CT molecular complexity index is 1020. The van der Waals surface area contributed by atoms with Gasteiger partial charge in [-0.1, -0.05) is 20.8 Å². The van der Waals surface area contributed by atoms with E-state index < -0.39 is 46.4 Å². The van der Waals surface area contributed by atoms with Gasteiger partial charge in [0.25, 0.3) is 0 Å². The average molecular weight is 490 g/mol. The average Bonchev–Trinajstić information content (AvgIpc) is 3.49. The van der Waals surface area contributed by atoms with E-state index in [4.69, 9.17) is 4.74 Å². The van der Waals surface area contributed by atoms with Crippen molar-refractivity contribution in [3.8, 4) is 16.9 Å². The van der Waals surface area contributed by atoms with Crippen LogP contribution in [0.2, 0.25) is 0 Å². The van der Waals surface area contributed by atoms with Crippen molar-refractivity contribution in [2.75, 3.05) is 6.61 Å². The lowest BCUT2D eigenvalue weighted by atomic mass is 9.77. The van der Waals surface area contributed by atoms with Gasteiger partial charge in [0.05, 0.1) is 23.9 Å². The molecule has 11 heteroatoms. The van der Waals surface area contributed by atoms with Gasteiger partial charge in [-0.05, 0) is 48.1 Å². The van der Waals surface area contributed by atoms with Crippen LogP contribution in [0.4, 0.5) is 31.1 Å². The number of aromatic nitrogens is 1. The molecule has 0 aliphatic heterocycles. The summed E-state index contributed by atoms with van der Waals surface area (Å²) in [4.78, 5) is 15.2. The minimum Gasteiger partial charge on any atom is -0.491 e. The van der Waals surface area contributed by atoms with Crippen molar-refractivity contribution in [3.05, 3.63) is 47.8 Å². The molecule has 1 aliphatic rings. The third-order valence-electron chi connectivity index (χ3n) is 5.80. The largest absolute Gasteiger partial charge is 0.491 e. The first-order valence-corrected chi connectivity index (χ1v) is 10.4. The van der Waals surface area contributed by atoms with Gasteiger partial charge in [-0.15, -0.1) is 0 Å². The molecule has 1 aliphatic carbocycles. The van der Waals surface area contributed by atoms with Crippen LogP contribution in [0.5, 0.6) is 5.75 Å². The SMILES string of the molecule is CC(C)(C)C(NC(=O)O)C1(COc2cncc(-c3cc(C(F)(F)F)cc(C(F)(F)F)c3)c2)CC1. The summed E-state index contributed by atoms with van der Waals surface area (Å²) in [6.07, 6.45) is -7.24. The van der Waals surface area contributed by atoms with Crippen LogP contribution in [0.15, 0.2) is 36.7 Å². The minimum absolute atomic E-state index is 0.0231. The molecule has 186 valence electrons. The first kappa shape index (κ1) is 25.6. The summed E-state index contributed by atoms with van der Waals surface area (Å²) in [5.74, 6) is 0.151. The Labute approximate surface area is 192 Å². The molecule has 1 fully saturated rings. The normalized spacial score (nSPS) is 16.6. The summed E-state index contributed by atoms with van der Waals surface area (Å²) in [6, 6.07) is 2.22. The van der Waals surface area contributed by atoms with Gasteiger partial charge in [0, 0.05) is 23.2 Å². The number of alkyl halides is 6. The lowest BCUT2D eigenvalue weighted by Gasteiger charge is -2.37. The number of nitrogens with zero attached hydrogens (tertiary/aromatic N) is 1. The van der Waals surface area contributed by atoms with Crippen molar-refractivity contribution in [2.24, 2.45) is 10.8 Å². The first-order chi connectivity index (χ1) is 15.5. The second kappa shape index (κ2) is 8.66. The predicted molar refractivity (Wildman–Crippen MR) is 111 cm³/mol. The standard InChI is InChI=1S/C23H24F6N2O3/c1-20(2,3)18(31-19(32)33)21(4-5-21)12-34-17-8-14(10-30-11-17)13-6-15(22(24,25)26)9-16(7-13)23(27,28)29/h6-11,18,31H,4-5,12H2,1-3H3,(H,32,33). The molecule has 34 heavy (non-hydrogen) atoms. The van der Waals surface area contributed by atoms with E-state index in [2.05, 4.69) is 10.3 Å². The van der Waals surface area contributed by atoms with Crippen LogP contribution in [0.1, 0.15) is 44.7 Å². The summed E-state index contributed by atoms with van der Waals surface area (Å²) >= 11 is 0. The van der Waals surface area contributed by atoms with Crippen LogP contribution in [0.25, 0.3) is 11.1 Å². The van der Waals surface area contributed by atoms with E-state index in [1.54, 1.807) is 0 Å². The fourth-order valence-electron chi connectivity index (χ4n) is 4.09. The van der Waals surface area contributed by atoms with Crippen LogP contribution < -0.4 is 10.1 Å². The van der Waals surface area contributed by atoms with E-state index in [1.807, 2.05) is 20.8 Å². The van der Waals surface area contributed by atoms with Gasteiger partial charge in [0.15, 0.2) is 0 Å². The van der Waals surface area contributed by atoms with E-state index >= 15 is 0 Å². The molecule has 0 bridgehead atoms. The molecule has 1 heterocycles. The number of halogens is 6. The molecular weight excluding hydrogens is 466 g/mol. The lowest BCUT2D eigenvalue weighted by Crippen LogP contribution is -2.51. The van der Waals surface area contributed by atoms with Crippen LogP contribution in [0, 0.1) is 10.8 Å². The zero-order valence-corrected chi connectivity index (χ0v) is 18.6. The Balaban J connectivity index is 1.88. The maximum Gasteiger partial charge on any atom is 0.416 e. The van der Waals surface area contributed by atoms with Gasteiger partial charge in [-0.2, -0.15) is 26.3 Å². The van der Waals surface area contributed by atoms with Crippen molar-refractivity contribution >= 4 is 6.09 Å². The summed E-state index contributed by atoms with van der Waals surface area (Å²) in [5.41, 5.74) is -4.02. The third kappa shape index (κ3) is 5.92. The monoisotopic (exact) mass is 490 g/mol. The highest BCUT2D eigenvalue weighted by Gasteiger charge is 2.54. The number of hydrogen-bond donors (Lipinski definition) is 2. The molecule has 0 saturated heterocycles. The van der Waals surface area contributed by atoms with Crippen LogP contribution in [0.3, 0.4) is 0 Å². The summed E-state index contributed by atoms with van der Waals surface area (Å²) in [7, 11) is 0. The fourth-order valence-corrected chi connectivity index (χ4v) is 4.09. The molecule has 1 atom stereocenters. The van der Waals surface area contributed by atoms with E-state index in [0.29, 0.717) is 25.0 Å². The number of carboxylic acid groups (broad SMARTS) is 1. The van der Waals surface area contributed by atoms with Gasteiger partial charge in [-0.25, -0.2) is 4.79 Å². The smallest absolute Gasteiger partial charge is 0.416 e. The summed E-state index contributed by atoms with van der Waals surface area (Å²) < 4.78 is 85.0. The lowest BCUT2D eigenvalue weighted by molar-refractivity contribution is -0.143. The summed E-state index contributed by atoms with van der Waals surface area (Å²) in [6.45, 7) is 5.78. The van der Waals surface area contributed by atoms with Crippen molar-refractivity contribution < 1.29 is 41.0 Å². The Kier molecular flexibility index (Phi) is 6.53. The number of carbonyl (C=O) groups is 1. The molecule has 1 unspecified atom stereocenters. The van der Waals surface area contributed by atoms with Gasteiger partial charge in [0.1, 0.15) is 5.75 Å². The fraction of sp³-hybridized carbons (Fsp3) is 0.478. The second-order valence-electron chi connectivity index (χ2n) is 9.60. The number of benzene rings is 1. The third-order valence-corrected chi connectivity index (χ3v) is 5.80. The van der Waals surface area contributed by atoms with Crippen molar-refractivity contribution in [1.29, 1.82) is 0 Å². The molecule has 5 nitrogen and oxygen atoms in total. The van der Waals surface area contributed by atoms with Crippen LogP contribution in [-0.2, 0) is 12.4 Å². The van der Waals surface area contributed by atoms with Gasteiger partial charge in [-0.3, -0.25) is 4.98 Å². The second-order valence-corrected chi connectivity index (χ2v) is 9.60. The summed E-state index contributed by atoms with van der Waals surface area (Å²) in [5, 5.41) is 11.8. The van der Waals surface area contributed by atoms with Crippen molar-refractivity contribution in [1.82, 2.24) is 10.3 Å². The number of hydrogen-bond acceptors (Lipinski definition) is 3. The molecule has 2 N–H and O–H groups in total. The van der Waals surface area contributed by atoms with Gasteiger partial charge in [0.2, 0.25) is 0 Å². The molecule has 2 aromatic rings. The maximum absolute atomic E-state index is 13.2. The number of pyridine rings is 1. The quantitative estimate of drug-likeness (QED) is 0.446. The number of ether oxygens (including phenoxy) is 1. The van der Waals surface area contributed by atoms with E-state index in [9.17, 15) is 36.2 Å². The van der Waals surface area contributed by atoms with Crippen molar-refractivity contribution in [2.45, 2.75) is 52.0 Å². The Morgan fingerprint density at radius 2 is 1.56 bits per heavy atom. The number of rotatable bonds is 6. The maximum atomic E-state index is 13.2. The van der Waals surface area contributed by atoms with E-state index in [0.717, 1.165) is 6.20 Å². The highest BCUT2D eigenvalue weighted by Crippen LogP contribution is 2.53. The van der Waals surface area contributed by atoms with E-state index in [-0.39, 0.29) is 29.5 Å². The van der Waals surface area contributed by atoms with Crippen LogP contribution in [-0.4, -0.2) is 28.8 Å². The molecule has 1 saturated carbocycles. The molecule has 1 aromatic heterocycles. The molecule has 1 aromatic carbocycles. The van der Waals surface area contributed by atoms with E-state index in [1.165, 1.54) is 12.3 Å². The molecule has 0 radical (unpaired) electrons. The minimum atomic E-state index is -4.96. The Morgan fingerprint density at radius 1 is 1.00 bits per heavy atom. The first-order valence-electron chi connectivity index (χ1n) is 10.4. The highest BCUT2D eigenvalue weighted by molar-refractivity contribution is 5.66. The van der Waals surface area contributed by atoms with Crippen LogP contribution >= 0.6 is 0 Å². The zero-order chi connectivity index (χ0) is 25.5. The molecular formula is C23H24F6N2O3. The molecule has 3 rings (SSSR count). The predicted octanol–water partition coefficient (Wildman–Crippen LogP) is 6.63. The number of amides is 1. The topological polar surface area (TPSA) is 71.5 Å². The highest BCUT2D eigenvalue weighted by atomic mass is 19.4. The Morgan fingerprint density at radius 3 is 2.00 bits per heavy atom. The van der Waals surface area contributed by atoms with Crippen molar-refractivity contribution in [3.63, 3.8) is 0 Å². The zero-order valence-electron chi connectivity index (χ0n) is 18.6. The number of nitrogens with one attached hydrogen (secondary N) is 1. The molecule has 0 spiro atoms. The van der Waals surface area contributed by atoms with Gasteiger partial charge < -0.3 is 15.2 Å². The van der Waals surface area contributed by atoms with Gasteiger partial charge >= 0.3 is 18.4 Å². The Hall–Kier alpha value is -2.98. The molecule has 1 amide bonds.